The van der Waals surface area contributed by atoms with E-state index in [2.05, 4.69) is 9.97 Å². The molecule has 0 aliphatic heterocycles. The Balaban J connectivity index is 0.00000240. The number of hydrogen-bond acceptors (Lipinski definition) is 5. The maximum absolute atomic E-state index is 14.5. The van der Waals surface area contributed by atoms with Crippen molar-refractivity contribution in [1.82, 2.24) is 9.97 Å². The first-order chi connectivity index (χ1) is 13.6. The van der Waals surface area contributed by atoms with E-state index in [-0.39, 0.29) is 18.9 Å². The molecule has 2 aliphatic carbocycles. The van der Waals surface area contributed by atoms with Crippen LogP contribution in [0.15, 0.2) is 16.9 Å². The number of ether oxygens (including phenoxy) is 1. The predicted molar refractivity (Wildman–Crippen MR) is 116 cm³/mol. The molecular formula is C22H31FN2O3S. The fourth-order valence-electron chi connectivity index (χ4n) is 4.20. The van der Waals surface area contributed by atoms with Crippen LogP contribution in [0, 0.1) is 11.7 Å². The minimum atomic E-state index is -0.590. The van der Waals surface area contributed by atoms with Crippen molar-refractivity contribution in [1.29, 1.82) is 0 Å². The summed E-state index contributed by atoms with van der Waals surface area (Å²) in [7, 11) is 0. The highest BCUT2D eigenvalue weighted by Gasteiger charge is 2.20. The van der Waals surface area contributed by atoms with Gasteiger partial charge in [-0.25, -0.2) is 9.37 Å². The number of H-pyrrole nitrogens is 1. The second-order valence-electron chi connectivity index (χ2n) is 8.01. The Labute approximate surface area is 175 Å². The van der Waals surface area contributed by atoms with E-state index in [0.29, 0.717) is 40.6 Å². The van der Waals surface area contributed by atoms with Crippen LogP contribution in [0.2, 0.25) is 0 Å². The molecule has 7 heteroatoms. The molecule has 0 atom stereocenters. The predicted octanol–water partition coefficient (Wildman–Crippen LogP) is 4.80. The molecular weight excluding hydrogens is 391 g/mol. The maximum Gasteiger partial charge on any atom is 0.261 e. The van der Waals surface area contributed by atoms with Crippen LogP contribution in [0.25, 0.3) is 10.9 Å². The highest BCUT2D eigenvalue weighted by atomic mass is 32.2. The number of benzene rings is 1. The third-order valence-corrected chi connectivity index (χ3v) is 7.23. The van der Waals surface area contributed by atoms with Crippen molar-refractivity contribution in [3.05, 3.63) is 34.1 Å². The molecule has 2 N–H and O–H groups in total. The van der Waals surface area contributed by atoms with Gasteiger partial charge in [0.2, 0.25) is 0 Å². The van der Waals surface area contributed by atoms with Crippen LogP contribution < -0.4 is 10.3 Å². The summed E-state index contributed by atoms with van der Waals surface area (Å²) in [5, 5.41) is 10.1. The first-order valence-electron chi connectivity index (χ1n) is 10.2. The smallest absolute Gasteiger partial charge is 0.261 e. The van der Waals surface area contributed by atoms with Gasteiger partial charge >= 0.3 is 0 Å². The lowest BCUT2D eigenvalue weighted by Crippen LogP contribution is -2.20. The molecule has 2 aliphatic rings. The number of thioether (sulfide) groups is 1. The van der Waals surface area contributed by atoms with E-state index in [4.69, 9.17) is 4.74 Å². The summed E-state index contributed by atoms with van der Waals surface area (Å²) in [5.74, 6) is 1.51. The molecule has 0 radical (unpaired) electrons. The van der Waals surface area contributed by atoms with Crippen molar-refractivity contribution in [3.8, 4) is 5.75 Å². The first-order valence-corrected chi connectivity index (χ1v) is 11.3. The van der Waals surface area contributed by atoms with Crippen molar-refractivity contribution < 1.29 is 14.2 Å². The van der Waals surface area contributed by atoms with Crippen LogP contribution in [-0.4, -0.2) is 33.0 Å². The normalized spacial score (nSPS) is 22.6. The number of fused-ring (bicyclic) bond motifs is 1. The minimum Gasteiger partial charge on any atom is -0.493 e. The van der Waals surface area contributed by atoms with Crippen molar-refractivity contribution in [2.24, 2.45) is 5.92 Å². The molecule has 0 unspecified atom stereocenters. The summed E-state index contributed by atoms with van der Waals surface area (Å²) in [6.45, 7) is 0.588. The van der Waals surface area contributed by atoms with E-state index in [1.165, 1.54) is 18.9 Å². The van der Waals surface area contributed by atoms with E-state index in [1.807, 2.05) is 0 Å². The number of halogens is 1. The topological polar surface area (TPSA) is 75.2 Å². The Morgan fingerprint density at radius 2 is 1.90 bits per heavy atom. The number of aliphatic hydroxyl groups excluding tert-OH is 1. The molecule has 1 aromatic heterocycles. The number of hydrogen-bond donors (Lipinski definition) is 2. The molecule has 160 valence electrons. The Morgan fingerprint density at radius 3 is 2.62 bits per heavy atom. The van der Waals surface area contributed by atoms with Gasteiger partial charge in [-0.2, -0.15) is 11.8 Å². The van der Waals surface area contributed by atoms with E-state index < -0.39 is 11.4 Å². The van der Waals surface area contributed by atoms with E-state index >= 15 is 0 Å². The van der Waals surface area contributed by atoms with Crippen molar-refractivity contribution in [2.75, 3.05) is 6.61 Å². The zero-order valence-corrected chi connectivity index (χ0v) is 16.8. The second kappa shape index (κ2) is 9.94. The maximum atomic E-state index is 14.5. The summed E-state index contributed by atoms with van der Waals surface area (Å²) in [6.07, 6.45) is 8.20. The second-order valence-corrected chi connectivity index (χ2v) is 9.30. The average Bonchev–Trinajstić information content (AvgIpc) is 3.19. The van der Waals surface area contributed by atoms with Gasteiger partial charge in [0.15, 0.2) is 0 Å². The highest BCUT2D eigenvalue weighted by molar-refractivity contribution is 7.99. The molecule has 2 aromatic rings. The Kier molecular flexibility index (Phi) is 7.57. The first kappa shape index (κ1) is 22.1. The molecule has 2 saturated carbocycles. The summed E-state index contributed by atoms with van der Waals surface area (Å²) in [4.78, 5) is 19.6. The largest absolute Gasteiger partial charge is 0.493 e. The molecule has 5 nitrogen and oxygen atoms in total. The summed E-state index contributed by atoms with van der Waals surface area (Å²) < 4.78 is 20.3. The fourth-order valence-corrected chi connectivity index (χ4v) is 5.34. The lowest BCUT2D eigenvalue weighted by molar-refractivity contribution is 0.132. The van der Waals surface area contributed by atoms with Gasteiger partial charge in [-0.05, 0) is 44.4 Å². The number of nitrogens with one attached hydrogen (secondary N) is 1. The van der Waals surface area contributed by atoms with E-state index in [1.54, 1.807) is 17.8 Å². The van der Waals surface area contributed by atoms with Gasteiger partial charge in [-0.3, -0.25) is 4.79 Å². The van der Waals surface area contributed by atoms with Crippen LogP contribution in [0.5, 0.6) is 5.75 Å². The monoisotopic (exact) mass is 422 g/mol. The molecule has 1 aromatic carbocycles. The Morgan fingerprint density at radius 1 is 1.17 bits per heavy atom. The zero-order chi connectivity index (χ0) is 19.5. The molecule has 0 amide bonds. The lowest BCUT2D eigenvalue weighted by Gasteiger charge is -2.24. The Hall–Kier alpha value is -1.60. The van der Waals surface area contributed by atoms with Gasteiger partial charge in [-0.1, -0.05) is 20.3 Å². The Bertz CT molecular complexity index is 874. The van der Waals surface area contributed by atoms with Crippen LogP contribution >= 0.6 is 11.8 Å². The average molecular weight is 423 g/mol. The van der Waals surface area contributed by atoms with Gasteiger partial charge in [-0.15, -0.1) is 0 Å². The summed E-state index contributed by atoms with van der Waals surface area (Å²) in [5.41, 5.74) is -0.0978. The minimum absolute atomic E-state index is 0. The van der Waals surface area contributed by atoms with Gasteiger partial charge in [0.25, 0.3) is 5.56 Å². The van der Waals surface area contributed by atoms with Crippen LogP contribution in [0.1, 0.15) is 64.6 Å². The number of aliphatic hydroxyl groups is 1. The van der Waals surface area contributed by atoms with Gasteiger partial charge in [0.05, 0.1) is 24.0 Å². The SMILES string of the molecule is C.O=c1[nH]c(CSC2CCC(O)CC2)nc2cc(OCC3CCCC3)cc(F)c12. The standard InChI is InChI=1S/C21H27FN2O3S.CH4/c22-17-9-15(27-11-13-3-1-2-4-13)10-18-20(17)21(26)24-19(23-18)12-28-16-7-5-14(25)6-8-16;/h9-10,13-14,16,25H,1-8,11-12H2,(H,23,24,26);1H4. The van der Waals surface area contributed by atoms with Gasteiger partial charge in [0, 0.05) is 17.4 Å². The molecule has 0 spiro atoms. The molecule has 2 fully saturated rings. The summed E-state index contributed by atoms with van der Waals surface area (Å²) >= 11 is 1.74. The summed E-state index contributed by atoms with van der Waals surface area (Å²) in [6, 6.07) is 2.96. The molecule has 0 bridgehead atoms. The van der Waals surface area contributed by atoms with Crippen molar-refractivity contribution in [3.63, 3.8) is 0 Å². The number of aromatic nitrogens is 2. The van der Waals surface area contributed by atoms with Crippen LogP contribution in [0.3, 0.4) is 0 Å². The number of nitrogens with zero attached hydrogens (tertiary/aromatic N) is 1. The van der Waals surface area contributed by atoms with Crippen LogP contribution in [-0.2, 0) is 5.75 Å². The van der Waals surface area contributed by atoms with E-state index in [9.17, 15) is 14.3 Å². The zero-order valence-electron chi connectivity index (χ0n) is 16.0. The molecule has 0 saturated heterocycles. The number of aromatic amines is 1. The lowest BCUT2D eigenvalue weighted by atomic mass is 9.97. The number of rotatable bonds is 6. The van der Waals surface area contributed by atoms with Crippen molar-refractivity contribution in [2.45, 2.75) is 75.9 Å². The van der Waals surface area contributed by atoms with Gasteiger partial charge in [0.1, 0.15) is 22.8 Å². The van der Waals surface area contributed by atoms with Crippen LogP contribution in [0.4, 0.5) is 4.39 Å². The van der Waals surface area contributed by atoms with Crippen molar-refractivity contribution >= 4 is 22.7 Å². The molecule has 1 heterocycles. The highest BCUT2D eigenvalue weighted by Crippen LogP contribution is 2.31. The quantitative estimate of drug-likeness (QED) is 0.699. The fraction of sp³-hybridized carbons (Fsp3) is 0.636. The van der Waals surface area contributed by atoms with E-state index in [0.717, 1.165) is 38.5 Å². The van der Waals surface area contributed by atoms with Gasteiger partial charge < -0.3 is 14.8 Å². The third-order valence-electron chi connectivity index (χ3n) is 5.84. The molecule has 29 heavy (non-hydrogen) atoms. The molecule has 4 rings (SSSR count). The third kappa shape index (κ3) is 5.51.